The van der Waals surface area contributed by atoms with Crippen LogP contribution in [0.25, 0.3) is 0 Å². The van der Waals surface area contributed by atoms with Gasteiger partial charge in [0.1, 0.15) is 0 Å². The van der Waals surface area contributed by atoms with Crippen LogP contribution in [-0.2, 0) is 0 Å². The Hall–Kier alpha value is -1.27. The highest BCUT2D eigenvalue weighted by atomic mass is 35.5. The molecule has 9 heteroatoms. The fourth-order valence-electron chi connectivity index (χ4n) is 1.35. The van der Waals surface area contributed by atoms with Gasteiger partial charge in [0.2, 0.25) is 0 Å². The lowest BCUT2D eigenvalue weighted by molar-refractivity contribution is 0.102. The summed E-state index contributed by atoms with van der Waals surface area (Å²) in [5, 5.41) is 18.9. The number of hydrogen-bond acceptors (Lipinski definition) is 4. The lowest BCUT2D eigenvalue weighted by atomic mass is 10.2. The van der Waals surface area contributed by atoms with Crippen LogP contribution >= 0.6 is 46.4 Å². The number of amides is 1. The molecular weight excluding hydrogens is 348 g/mol. The van der Waals surface area contributed by atoms with Crippen LogP contribution < -0.4 is 5.32 Å². The Morgan fingerprint density at radius 2 is 1.65 bits per heavy atom. The second-order valence-corrected chi connectivity index (χ2v) is 5.17. The van der Waals surface area contributed by atoms with Crippen molar-refractivity contribution in [2.45, 2.75) is 0 Å². The molecule has 5 nitrogen and oxygen atoms in total. The minimum atomic E-state index is -0.565. The van der Waals surface area contributed by atoms with E-state index >= 15 is 0 Å². The highest BCUT2D eigenvalue weighted by Crippen LogP contribution is 2.34. The first-order valence-electron chi connectivity index (χ1n) is 5.06. The molecule has 20 heavy (non-hydrogen) atoms. The number of carbonyl (C=O) groups excluding carboxylic acids is 1. The van der Waals surface area contributed by atoms with E-state index in [1.54, 1.807) is 0 Å². The van der Waals surface area contributed by atoms with E-state index in [0.29, 0.717) is 0 Å². The van der Waals surface area contributed by atoms with Crippen LogP contribution in [0.4, 0.5) is 5.69 Å². The number of aromatic nitrogens is 2. The monoisotopic (exact) mass is 351 g/mol. The number of rotatable bonds is 2. The first-order valence-corrected chi connectivity index (χ1v) is 6.57. The molecule has 2 aromatic rings. The molecule has 0 aliphatic rings. The summed E-state index contributed by atoms with van der Waals surface area (Å²) in [5.41, 5.74) is 0.332. The molecule has 0 aliphatic heterocycles. The third-order valence-electron chi connectivity index (χ3n) is 2.24. The molecule has 0 saturated carbocycles. The van der Waals surface area contributed by atoms with E-state index in [4.69, 9.17) is 46.4 Å². The molecule has 1 aromatic carbocycles. The van der Waals surface area contributed by atoms with E-state index in [0.717, 1.165) is 0 Å². The van der Waals surface area contributed by atoms with Crippen molar-refractivity contribution >= 4 is 58.0 Å². The third-order valence-corrected chi connectivity index (χ3v) is 3.28. The first-order chi connectivity index (χ1) is 9.38. The number of phenolic OH excluding ortho intramolecular Hbond substituents is 1. The van der Waals surface area contributed by atoms with E-state index < -0.39 is 5.91 Å². The van der Waals surface area contributed by atoms with Crippen LogP contribution in [0, 0.1) is 0 Å². The zero-order valence-corrected chi connectivity index (χ0v) is 12.5. The molecule has 1 heterocycles. The Bertz CT molecular complexity index is 670. The highest BCUT2D eigenvalue weighted by molar-refractivity contribution is 6.38. The summed E-state index contributed by atoms with van der Waals surface area (Å²) in [7, 11) is 0. The molecular formula is C11H5Cl4N3O2. The molecule has 2 N–H and O–H groups in total. The van der Waals surface area contributed by atoms with Crippen molar-refractivity contribution in [3.05, 3.63) is 44.1 Å². The molecule has 0 unspecified atom stereocenters. The van der Waals surface area contributed by atoms with Gasteiger partial charge in [0.05, 0.1) is 15.6 Å². The average molecular weight is 353 g/mol. The van der Waals surface area contributed by atoms with Gasteiger partial charge < -0.3 is 10.4 Å². The van der Waals surface area contributed by atoms with E-state index in [1.807, 2.05) is 0 Å². The van der Waals surface area contributed by atoms with Gasteiger partial charge in [0.25, 0.3) is 5.91 Å². The van der Waals surface area contributed by atoms with Crippen molar-refractivity contribution in [3.8, 4) is 5.75 Å². The second kappa shape index (κ2) is 6.01. The number of benzene rings is 1. The molecule has 2 rings (SSSR count). The van der Waals surface area contributed by atoms with E-state index in [2.05, 4.69) is 15.5 Å². The van der Waals surface area contributed by atoms with Crippen LogP contribution in [0.5, 0.6) is 5.75 Å². The molecule has 0 atom stereocenters. The zero-order chi connectivity index (χ0) is 14.9. The predicted octanol–water partition coefficient (Wildman–Crippen LogP) is 4.05. The maximum absolute atomic E-state index is 12.0. The Morgan fingerprint density at radius 1 is 1.05 bits per heavy atom. The average Bonchev–Trinajstić information content (AvgIpc) is 2.38. The van der Waals surface area contributed by atoms with Crippen molar-refractivity contribution in [3.63, 3.8) is 0 Å². The van der Waals surface area contributed by atoms with Gasteiger partial charge in [-0.3, -0.25) is 4.79 Å². The largest absolute Gasteiger partial charge is 0.505 e. The Balaban J connectivity index is 2.30. The van der Waals surface area contributed by atoms with E-state index in [-0.39, 0.29) is 37.4 Å². The molecule has 0 spiro atoms. The smallest absolute Gasteiger partial charge is 0.258 e. The van der Waals surface area contributed by atoms with Gasteiger partial charge in [-0.2, -0.15) is 0 Å². The summed E-state index contributed by atoms with van der Waals surface area (Å²) in [6.07, 6.45) is 0. The Morgan fingerprint density at radius 3 is 2.25 bits per heavy atom. The molecule has 1 amide bonds. The van der Waals surface area contributed by atoms with Crippen LogP contribution in [-0.4, -0.2) is 21.2 Å². The molecule has 0 saturated heterocycles. The van der Waals surface area contributed by atoms with Gasteiger partial charge in [-0.15, -0.1) is 10.2 Å². The quantitative estimate of drug-likeness (QED) is 0.799. The summed E-state index contributed by atoms with van der Waals surface area (Å²) in [4.78, 5) is 12.0. The normalized spacial score (nSPS) is 10.4. The standard InChI is InChI=1S/C11H5Cl4N3O2/c12-6-1-4(2-7(13)9(6)19)16-11(20)5-3-8(14)17-18-10(5)15/h1-3,19H,(H,16,20). The molecule has 104 valence electrons. The minimum absolute atomic E-state index is 0.00443. The lowest BCUT2D eigenvalue weighted by Crippen LogP contribution is -2.13. The summed E-state index contributed by atoms with van der Waals surface area (Å²) in [6.45, 7) is 0. The van der Waals surface area contributed by atoms with E-state index in [1.165, 1.54) is 18.2 Å². The topological polar surface area (TPSA) is 75.1 Å². The number of anilines is 1. The number of nitrogens with one attached hydrogen (secondary N) is 1. The maximum Gasteiger partial charge on any atom is 0.258 e. The number of aromatic hydroxyl groups is 1. The predicted molar refractivity (Wildman–Crippen MR) is 78.1 cm³/mol. The number of halogens is 4. The van der Waals surface area contributed by atoms with Gasteiger partial charge >= 0.3 is 0 Å². The summed E-state index contributed by atoms with van der Waals surface area (Å²) < 4.78 is 0. The number of phenols is 1. The van der Waals surface area contributed by atoms with Crippen molar-refractivity contribution in [1.82, 2.24) is 10.2 Å². The fourth-order valence-corrected chi connectivity index (χ4v) is 2.16. The van der Waals surface area contributed by atoms with Crippen molar-refractivity contribution in [1.29, 1.82) is 0 Å². The van der Waals surface area contributed by atoms with Crippen LogP contribution in [0.2, 0.25) is 20.4 Å². The Labute approximate surface area is 133 Å². The number of nitrogens with zero attached hydrogens (tertiary/aromatic N) is 2. The highest BCUT2D eigenvalue weighted by Gasteiger charge is 2.15. The minimum Gasteiger partial charge on any atom is -0.505 e. The maximum atomic E-state index is 12.0. The number of carbonyl (C=O) groups is 1. The van der Waals surface area contributed by atoms with Gasteiger partial charge in [-0.1, -0.05) is 46.4 Å². The van der Waals surface area contributed by atoms with E-state index in [9.17, 15) is 9.90 Å². The van der Waals surface area contributed by atoms with Crippen LogP contribution in [0.15, 0.2) is 18.2 Å². The molecule has 0 bridgehead atoms. The zero-order valence-electron chi connectivity index (χ0n) is 9.49. The molecule has 1 aromatic heterocycles. The summed E-state index contributed by atoms with van der Waals surface area (Å²) in [6, 6.07) is 3.95. The summed E-state index contributed by atoms with van der Waals surface area (Å²) in [5.74, 6) is -0.831. The SMILES string of the molecule is O=C(Nc1cc(Cl)c(O)c(Cl)c1)c1cc(Cl)nnc1Cl. The molecule has 0 radical (unpaired) electrons. The fraction of sp³-hybridized carbons (Fsp3) is 0. The van der Waals surface area contributed by atoms with Gasteiger partial charge in [0, 0.05) is 5.69 Å². The second-order valence-electron chi connectivity index (χ2n) is 3.61. The van der Waals surface area contributed by atoms with Gasteiger partial charge in [0.15, 0.2) is 16.1 Å². The molecule has 0 aliphatic carbocycles. The lowest BCUT2D eigenvalue weighted by Gasteiger charge is -2.08. The first kappa shape index (κ1) is 15.1. The van der Waals surface area contributed by atoms with Crippen LogP contribution in [0.3, 0.4) is 0 Å². The number of hydrogen-bond donors (Lipinski definition) is 2. The van der Waals surface area contributed by atoms with Crippen molar-refractivity contribution in [2.75, 3.05) is 5.32 Å². The van der Waals surface area contributed by atoms with Crippen LogP contribution in [0.1, 0.15) is 10.4 Å². The van der Waals surface area contributed by atoms with Gasteiger partial charge in [-0.25, -0.2) is 0 Å². The summed E-state index contributed by atoms with van der Waals surface area (Å²) >= 11 is 22.9. The Kier molecular flexibility index (Phi) is 4.55. The molecule has 0 fully saturated rings. The van der Waals surface area contributed by atoms with Crippen molar-refractivity contribution in [2.24, 2.45) is 0 Å². The third kappa shape index (κ3) is 3.24. The van der Waals surface area contributed by atoms with Gasteiger partial charge in [-0.05, 0) is 18.2 Å². The van der Waals surface area contributed by atoms with Crippen molar-refractivity contribution < 1.29 is 9.90 Å².